The van der Waals surface area contributed by atoms with Crippen LogP contribution in [-0.4, -0.2) is 35.0 Å². The predicted octanol–water partition coefficient (Wildman–Crippen LogP) is 9.31. The van der Waals surface area contributed by atoms with Crippen molar-refractivity contribution < 1.29 is 14.3 Å². The molecule has 6 aliphatic rings. The van der Waals surface area contributed by atoms with Crippen LogP contribution in [0, 0.1) is 35.0 Å². The highest BCUT2D eigenvalue weighted by atomic mass is 16.5. The van der Waals surface area contributed by atoms with E-state index in [9.17, 15) is 4.79 Å². The Morgan fingerprint density at radius 2 is 1.76 bits per heavy atom. The molecule has 0 aromatic heterocycles. The first-order chi connectivity index (χ1) is 21.7. The number of carbonyl (C=O) groups is 1. The minimum atomic E-state index is -0.0527. The first kappa shape index (κ1) is 29.7. The largest absolute Gasteiger partial charge is 0.457 e. The molecule has 45 heavy (non-hydrogen) atoms. The first-order valence-electron chi connectivity index (χ1n) is 17.9. The number of carbonyl (C=O) groups excluding carboxylic acids is 1. The Kier molecular flexibility index (Phi) is 7.41. The van der Waals surface area contributed by atoms with Gasteiger partial charge in [0.25, 0.3) is 0 Å². The molecule has 2 heterocycles. The highest BCUT2D eigenvalue weighted by Crippen LogP contribution is 2.64. The molecule has 0 amide bonds. The van der Waals surface area contributed by atoms with Crippen molar-refractivity contribution in [1.82, 2.24) is 4.90 Å². The van der Waals surface area contributed by atoms with Crippen LogP contribution in [0.2, 0.25) is 0 Å². The molecule has 3 unspecified atom stereocenters. The summed E-state index contributed by atoms with van der Waals surface area (Å²) >= 11 is 0. The maximum atomic E-state index is 12.3. The lowest BCUT2D eigenvalue weighted by atomic mass is 9.56. The van der Waals surface area contributed by atoms with Gasteiger partial charge in [0.2, 0.25) is 0 Å². The number of hydrogen-bond donors (Lipinski definition) is 0. The highest BCUT2D eigenvalue weighted by molar-refractivity contribution is 5.91. The zero-order valence-corrected chi connectivity index (χ0v) is 27.8. The quantitative estimate of drug-likeness (QED) is 0.326. The zero-order chi connectivity index (χ0) is 30.9. The number of para-hydroxylation sites is 1. The molecule has 4 nitrogen and oxygen atoms in total. The van der Waals surface area contributed by atoms with Gasteiger partial charge in [0.1, 0.15) is 11.5 Å². The number of benzene rings is 2. The lowest BCUT2D eigenvalue weighted by Gasteiger charge is -2.48. The van der Waals surface area contributed by atoms with Gasteiger partial charge in [-0.05, 0) is 123 Å². The summed E-state index contributed by atoms with van der Waals surface area (Å²) in [7, 11) is 0. The van der Waals surface area contributed by atoms with E-state index in [0.29, 0.717) is 41.6 Å². The molecule has 1 spiro atoms. The fourth-order valence-electron chi connectivity index (χ4n) is 11.2. The summed E-state index contributed by atoms with van der Waals surface area (Å²) in [4.78, 5) is 15.1. The van der Waals surface area contributed by atoms with Gasteiger partial charge in [-0.1, -0.05) is 67.8 Å². The third kappa shape index (κ3) is 5.06. The molecule has 0 bridgehead atoms. The van der Waals surface area contributed by atoms with E-state index in [1.165, 1.54) is 43.2 Å². The lowest BCUT2D eigenvalue weighted by Crippen LogP contribution is -2.51. The van der Waals surface area contributed by atoms with Crippen LogP contribution >= 0.6 is 0 Å². The molecule has 2 aliphatic heterocycles. The fourth-order valence-corrected chi connectivity index (χ4v) is 11.2. The van der Waals surface area contributed by atoms with Gasteiger partial charge in [-0.2, -0.15) is 0 Å². The molecule has 238 valence electrons. The summed E-state index contributed by atoms with van der Waals surface area (Å²) in [5.74, 6) is 5.43. The number of fused-ring (bicyclic) bond motifs is 6. The molecule has 4 heteroatoms. The van der Waals surface area contributed by atoms with Crippen LogP contribution in [0.3, 0.4) is 0 Å². The van der Waals surface area contributed by atoms with E-state index in [0.717, 1.165) is 56.2 Å². The van der Waals surface area contributed by atoms with Gasteiger partial charge in [-0.3, -0.25) is 9.69 Å². The second-order valence-corrected chi connectivity index (χ2v) is 16.0. The highest BCUT2D eigenvalue weighted by Gasteiger charge is 2.59. The third-order valence-corrected chi connectivity index (χ3v) is 13.4. The fraction of sp³-hybridized carbons (Fsp3) is 0.585. The van der Waals surface area contributed by atoms with Crippen LogP contribution in [0.15, 0.2) is 77.4 Å². The SMILES string of the molecule is CC1=C2C[C@H]3C(CCC4=CC(=O)CCC43C)[C@@H]2CCC2(C1)O[C@@H]1C[C@H](C)CN(Cc3ccc(Oc4ccccc4)cc3)[C@H]1[C@H]2C. The van der Waals surface area contributed by atoms with Crippen molar-refractivity contribution in [2.45, 2.75) is 110 Å². The minimum absolute atomic E-state index is 0.0527. The summed E-state index contributed by atoms with van der Waals surface area (Å²) in [6, 6.07) is 19.2. The summed E-state index contributed by atoms with van der Waals surface area (Å²) in [6.45, 7) is 12.0. The summed E-state index contributed by atoms with van der Waals surface area (Å²) in [5, 5.41) is 0. The van der Waals surface area contributed by atoms with Gasteiger partial charge in [0.15, 0.2) is 5.78 Å². The number of ketones is 1. The molecule has 0 radical (unpaired) electrons. The van der Waals surface area contributed by atoms with Crippen molar-refractivity contribution >= 4 is 5.78 Å². The Labute approximate surface area is 270 Å². The molecule has 2 aromatic rings. The monoisotopic (exact) mass is 605 g/mol. The second kappa shape index (κ2) is 11.2. The van der Waals surface area contributed by atoms with E-state index in [2.05, 4.69) is 56.9 Å². The summed E-state index contributed by atoms with van der Waals surface area (Å²) in [5.41, 5.74) is 6.39. The summed E-state index contributed by atoms with van der Waals surface area (Å²) < 4.78 is 13.4. The zero-order valence-electron chi connectivity index (χ0n) is 27.8. The maximum absolute atomic E-state index is 12.3. The number of nitrogens with zero attached hydrogens (tertiary/aromatic N) is 1. The van der Waals surface area contributed by atoms with Gasteiger partial charge < -0.3 is 9.47 Å². The molecule has 8 rings (SSSR count). The van der Waals surface area contributed by atoms with Crippen molar-refractivity contribution in [2.75, 3.05) is 6.54 Å². The van der Waals surface area contributed by atoms with E-state index in [-0.39, 0.29) is 11.0 Å². The standard InChI is InChI=1S/C41H51NO3/c1-26-20-38-39(42(24-26)25-29-10-13-33(14-11-29)44-32-8-6-5-7-9-32)28(3)41(45-38)19-17-34-35-15-12-30-21-31(43)16-18-40(30,4)37(35)22-36(34)27(2)23-41/h5-11,13-14,21,26,28,34-35,37-39H,12,15-20,22-25H2,1-4H3/t26-,28+,34-,35?,37-,38+,39-,40?,41?/m0/s1. The van der Waals surface area contributed by atoms with E-state index in [4.69, 9.17) is 9.47 Å². The van der Waals surface area contributed by atoms with Crippen molar-refractivity contribution in [3.05, 3.63) is 83.0 Å². The van der Waals surface area contributed by atoms with Gasteiger partial charge in [0, 0.05) is 31.5 Å². The number of piperidine rings is 1. The van der Waals surface area contributed by atoms with E-state index < -0.39 is 0 Å². The van der Waals surface area contributed by atoms with Crippen LogP contribution in [-0.2, 0) is 16.1 Å². The normalized spacial score (nSPS) is 39.5. The number of ether oxygens (including phenoxy) is 2. The van der Waals surface area contributed by atoms with Crippen LogP contribution in [0.1, 0.15) is 91.0 Å². The van der Waals surface area contributed by atoms with Crippen LogP contribution in [0.25, 0.3) is 0 Å². The Bertz CT molecular complexity index is 1510. The predicted molar refractivity (Wildman–Crippen MR) is 179 cm³/mol. The van der Waals surface area contributed by atoms with Gasteiger partial charge in [0.05, 0.1) is 11.7 Å². The van der Waals surface area contributed by atoms with Crippen LogP contribution in [0.5, 0.6) is 11.5 Å². The molecule has 4 aliphatic carbocycles. The first-order valence-corrected chi connectivity index (χ1v) is 17.9. The molecular formula is C41H51NO3. The van der Waals surface area contributed by atoms with Gasteiger partial charge >= 0.3 is 0 Å². The number of rotatable bonds is 4. The number of hydrogen-bond acceptors (Lipinski definition) is 4. The molecular weight excluding hydrogens is 554 g/mol. The Balaban J connectivity index is 1.01. The van der Waals surface area contributed by atoms with E-state index in [1.54, 1.807) is 11.1 Å². The van der Waals surface area contributed by atoms with Gasteiger partial charge in [-0.25, -0.2) is 0 Å². The minimum Gasteiger partial charge on any atom is -0.457 e. The molecule has 0 N–H and O–H groups in total. The van der Waals surface area contributed by atoms with Crippen LogP contribution < -0.4 is 4.74 Å². The molecule has 2 saturated heterocycles. The van der Waals surface area contributed by atoms with Crippen LogP contribution in [0.4, 0.5) is 0 Å². The Morgan fingerprint density at radius 3 is 2.56 bits per heavy atom. The molecule has 2 saturated carbocycles. The lowest BCUT2D eigenvalue weighted by molar-refractivity contribution is -0.116. The molecule has 9 atom stereocenters. The average Bonchev–Trinajstić information content (AvgIpc) is 3.49. The second-order valence-electron chi connectivity index (χ2n) is 16.0. The van der Waals surface area contributed by atoms with Crippen molar-refractivity contribution in [3.8, 4) is 11.5 Å². The van der Waals surface area contributed by atoms with Crippen molar-refractivity contribution in [2.24, 2.45) is 35.0 Å². The number of likely N-dealkylation sites (tertiary alicyclic amines) is 1. The number of allylic oxidation sites excluding steroid dienone is 3. The Morgan fingerprint density at radius 1 is 0.978 bits per heavy atom. The smallest absolute Gasteiger partial charge is 0.155 e. The molecule has 4 fully saturated rings. The molecule has 2 aromatic carbocycles. The van der Waals surface area contributed by atoms with Crippen molar-refractivity contribution in [3.63, 3.8) is 0 Å². The Hall–Kier alpha value is -2.69. The topological polar surface area (TPSA) is 38.8 Å². The van der Waals surface area contributed by atoms with E-state index in [1.807, 2.05) is 36.4 Å². The van der Waals surface area contributed by atoms with E-state index >= 15 is 0 Å². The van der Waals surface area contributed by atoms with Crippen molar-refractivity contribution in [1.29, 1.82) is 0 Å². The third-order valence-electron chi connectivity index (χ3n) is 13.4. The maximum Gasteiger partial charge on any atom is 0.155 e. The van der Waals surface area contributed by atoms with Gasteiger partial charge in [-0.15, -0.1) is 0 Å². The summed E-state index contributed by atoms with van der Waals surface area (Å²) in [6.07, 6.45) is 12.5. The average molecular weight is 606 g/mol.